The van der Waals surface area contributed by atoms with Gasteiger partial charge >= 0.3 is 0 Å². The molecule has 0 atom stereocenters. The Kier molecular flexibility index (Phi) is 11.4. The molecule has 57 heavy (non-hydrogen) atoms. The number of halogens is 8. The maximum absolute atomic E-state index is 7.24. The van der Waals surface area contributed by atoms with Crippen molar-refractivity contribution >= 4 is 139 Å². The van der Waals surface area contributed by atoms with Crippen molar-refractivity contribution in [2.24, 2.45) is 0 Å². The largest absolute Gasteiger partial charge is 0.355 e. The molecule has 0 saturated carbocycles. The van der Waals surface area contributed by atoms with Gasteiger partial charge in [0.1, 0.15) is 0 Å². The molecule has 0 fully saturated rings. The van der Waals surface area contributed by atoms with Crippen LogP contribution in [0.5, 0.6) is 0 Å². The smallest absolute Gasteiger partial charge is 0.0836 e. The molecule has 0 amide bonds. The van der Waals surface area contributed by atoms with Crippen molar-refractivity contribution in [3.63, 3.8) is 0 Å². The van der Waals surface area contributed by atoms with Crippen LogP contribution in [0.15, 0.2) is 103 Å². The Balaban J connectivity index is 0.00000455. The minimum Gasteiger partial charge on any atom is -0.355 e. The van der Waals surface area contributed by atoms with Crippen molar-refractivity contribution < 1.29 is 17.1 Å². The molecule has 13 heteroatoms. The topological polar surface area (TPSA) is 46.5 Å². The molecule has 0 saturated heterocycles. The second-order valence-corrected chi connectivity index (χ2v) is 16.2. The first-order valence-electron chi connectivity index (χ1n) is 17.0. The van der Waals surface area contributed by atoms with E-state index in [-0.39, 0.29) is 17.1 Å². The standard InChI is InChI=1S/C44H22Cl8N4.Fe/c45-27-5-1-6-28(46)37(27)40-35-18-17-25(55-35)20-24-14-13-22(53-24)19-23-15-16-26(54-23)21-36-41(38-29(47)7-2-8-30(38)48)42(39-31(49)9-3-10-32(39)50)44(40)56(36)43-33(51)11-4-12-34(43)52;/h1-21,53H;. The normalized spacial score (nSPS) is 11.9. The molecule has 0 radical (unpaired) electrons. The number of H-pyrrole nitrogens is 1. The van der Waals surface area contributed by atoms with Crippen LogP contribution in [0.4, 0.5) is 0 Å². The van der Waals surface area contributed by atoms with E-state index in [4.69, 9.17) is 103 Å². The molecule has 3 aromatic heterocycles. The summed E-state index contributed by atoms with van der Waals surface area (Å²) in [6.45, 7) is 0. The van der Waals surface area contributed by atoms with Crippen LogP contribution in [0.25, 0.3) is 85.4 Å². The number of aromatic nitrogens is 4. The van der Waals surface area contributed by atoms with Crippen molar-refractivity contribution in [2.45, 2.75) is 0 Å². The maximum atomic E-state index is 7.24. The number of nitrogens with zero attached hydrogens (tertiary/aromatic N) is 3. The van der Waals surface area contributed by atoms with Crippen LogP contribution >= 0.6 is 92.8 Å². The average molecular weight is 946 g/mol. The SMILES string of the molecule is Clc1cccc(Cl)c1-c1c(-c2c(Cl)cccc2Cl)c2c(-c3c(Cl)cccc3Cl)c3nc(cc4ccc(cc5nc(cc1n2-c1c(Cl)cccc1Cl)C=C5)[nH]4)C=C3.[Fe]. The van der Waals surface area contributed by atoms with Gasteiger partial charge in [-0.25, -0.2) is 9.97 Å². The molecule has 2 aliphatic heterocycles. The number of aromatic amines is 1. The van der Waals surface area contributed by atoms with Crippen molar-refractivity contribution in [1.82, 2.24) is 19.5 Å². The molecular weight excluding hydrogens is 924 g/mol. The molecule has 0 aliphatic carbocycles. The summed E-state index contributed by atoms with van der Waals surface area (Å²) in [5.74, 6) is 0. The van der Waals surface area contributed by atoms with Crippen LogP contribution in [0.2, 0.25) is 40.2 Å². The van der Waals surface area contributed by atoms with Crippen LogP contribution in [-0.2, 0) is 17.1 Å². The fourth-order valence-corrected chi connectivity index (χ4v) is 9.51. The summed E-state index contributed by atoms with van der Waals surface area (Å²) >= 11 is 57.7. The Morgan fingerprint density at radius 2 is 0.807 bits per heavy atom. The Bertz CT molecular complexity index is 2960. The zero-order valence-corrected chi connectivity index (χ0v) is 36.0. The summed E-state index contributed by atoms with van der Waals surface area (Å²) in [6.07, 6.45) is 7.69. The van der Waals surface area contributed by atoms with Crippen LogP contribution < -0.4 is 0 Å². The zero-order chi connectivity index (χ0) is 38.8. The van der Waals surface area contributed by atoms with Gasteiger partial charge in [0.15, 0.2) is 0 Å². The van der Waals surface area contributed by atoms with Crippen LogP contribution in [0, 0.1) is 0 Å². The number of rotatable bonds is 4. The Morgan fingerprint density at radius 1 is 0.404 bits per heavy atom. The summed E-state index contributed by atoms with van der Waals surface area (Å²) < 4.78 is 1.95. The van der Waals surface area contributed by atoms with Gasteiger partial charge in [0.25, 0.3) is 0 Å². The number of fused-ring (bicyclic) bond motifs is 8. The molecule has 282 valence electrons. The van der Waals surface area contributed by atoms with Crippen molar-refractivity contribution in [1.29, 1.82) is 0 Å². The Labute approximate surface area is 377 Å². The molecule has 0 unspecified atom stereocenters. The summed E-state index contributed by atoms with van der Waals surface area (Å²) in [6, 6.07) is 31.1. The van der Waals surface area contributed by atoms with Gasteiger partial charge < -0.3 is 9.55 Å². The van der Waals surface area contributed by atoms with E-state index in [1.165, 1.54) is 0 Å². The fourth-order valence-electron chi connectivity index (χ4n) is 7.18. The molecule has 5 heterocycles. The van der Waals surface area contributed by atoms with Crippen LogP contribution in [-0.4, -0.2) is 19.5 Å². The van der Waals surface area contributed by atoms with Crippen LogP contribution in [0.1, 0.15) is 22.8 Å². The van der Waals surface area contributed by atoms with Gasteiger partial charge in [0.2, 0.25) is 0 Å². The predicted octanol–water partition coefficient (Wildman–Crippen LogP) is 16.3. The van der Waals surface area contributed by atoms with E-state index in [9.17, 15) is 0 Å². The van der Waals surface area contributed by atoms with Crippen molar-refractivity contribution in [3.05, 3.63) is 166 Å². The zero-order valence-electron chi connectivity index (χ0n) is 28.8. The van der Waals surface area contributed by atoms with E-state index in [1.807, 2.05) is 59.2 Å². The first-order valence-corrected chi connectivity index (χ1v) is 20.0. The van der Waals surface area contributed by atoms with Crippen molar-refractivity contribution in [3.8, 4) is 39.1 Å². The molecule has 0 spiro atoms. The number of hydrogen-bond donors (Lipinski definition) is 1. The average Bonchev–Trinajstić information content (AvgIpc) is 3.96. The first-order chi connectivity index (χ1) is 27.1. The molecule has 4 nitrogen and oxygen atoms in total. The fraction of sp³-hybridized carbons (Fsp3) is 0. The quantitative estimate of drug-likeness (QED) is 0.179. The maximum Gasteiger partial charge on any atom is 0.0836 e. The third kappa shape index (κ3) is 7.23. The third-order valence-corrected chi connectivity index (χ3v) is 12.0. The first kappa shape index (κ1) is 40.1. The van der Waals surface area contributed by atoms with E-state index < -0.39 is 0 Å². The van der Waals surface area contributed by atoms with Gasteiger partial charge in [0, 0.05) is 81.6 Å². The van der Waals surface area contributed by atoms with Gasteiger partial charge in [-0.1, -0.05) is 117 Å². The van der Waals surface area contributed by atoms with E-state index in [0.717, 1.165) is 16.7 Å². The number of nitrogens with one attached hydrogen (secondary N) is 1. The summed E-state index contributed by atoms with van der Waals surface area (Å²) in [4.78, 5) is 13.7. The number of para-hydroxylation sites is 1. The number of benzene rings is 4. The molecule has 9 rings (SSSR count). The molecule has 7 aromatic rings. The van der Waals surface area contributed by atoms with E-state index >= 15 is 0 Å². The second-order valence-electron chi connectivity index (χ2n) is 12.9. The molecule has 2 aliphatic rings. The molecule has 8 bridgehead atoms. The van der Waals surface area contributed by atoms with Gasteiger partial charge in [-0.3, -0.25) is 0 Å². The van der Waals surface area contributed by atoms with Gasteiger partial charge in [0.05, 0.1) is 59.6 Å². The summed E-state index contributed by atoms with van der Waals surface area (Å²) in [7, 11) is 0. The van der Waals surface area contributed by atoms with Gasteiger partial charge in [-0.15, -0.1) is 0 Å². The molecule has 1 N–H and O–H groups in total. The van der Waals surface area contributed by atoms with Gasteiger partial charge in [-0.2, -0.15) is 0 Å². The van der Waals surface area contributed by atoms with Gasteiger partial charge in [-0.05, 0) is 103 Å². The molecule has 4 aromatic carbocycles. The number of hydrogen-bond acceptors (Lipinski definition) is 2. The van der Waals surface area contributed by atoms with E-state index in [2.05, 4.69) is 4.98 Å². The predicted molar refractivity (Wildman–Crippen MR) is 240 cm³/mol. The summed E-state index contributed by atoms with van der Waals surface area (Å²) in [5.41, 5.74) is 8.82. The summed E-state index contributed by atoms with van der Waals surface area (Å²) in [5, 5.41) is 2.83. The Hall–Kier alpha value is -3.68. The minimum atomic E-state index is 0. The van der Waals surface area contributed by atoms with E-state index in [0.29, 0.717) is 107 Å². The monoisotopic (exact) mass is 942 g/mol. The third-order valence-electron chi connectivity index (χ3n) is 9.47. The minimum absolute atomic E-state index is 0. The second kappa shape index (κ2) is 16.2. The van der Waals surface area contributed by atoms with Crippen molar-refractivity contribution in [2.75, 3.05) is 0 Å². The van der Waals surface area contributed by atoms with Crippen LogP contribution in [0.3, 0.4) is 0 Å². The molecular formula is C44H22Cl8FeN4. The Morgan fingerprint density at radius 3 is 1.32 bits per heavy atom. The van der Waals surface area contributed by atoms with E-state index in [1.54, 1.807) is 72.8 Å².